The average Bonchev–Trinajstić information content (AvgIpc) is 2.80. The van der Waals surface area contributed by atoms with Crippen molar-refractivity contribution in [3.63, 3.8) is 0 Å². The monoisotopic (exact) mass is 355 g/mol. The summed E-state index contributed by atoms with van der Waals surface area (Å²) in [5.74, 6) is -0.394. The van der Waals surface area contributed by atoms with Crippen LogP contribution in [0.5, 0.6) is 0 Å². The molecule has 1 amide bonds. The van der Waals surface area contributed by atoms with E-state index in [0.29, 0.717) is 18.7 Å². The van der Waals surface area contributed by atoms with Gasteiger partial charge >= 0.3 is 12.1 Å². The van der Waals surface area contributed by atoms with Gasteiger partial charge in [0.1, 0.15) is 5.60 Å². The zero-order chi connectivity index (χ0) is 15.8. The summed E-state index contributed by atoms with van der Waals surface area (Å²) in [6, 6.07) is 3.47. The lowest BCUT2D eigenvalue weighted by Crippen LogP contribution is -2.33. The van der Waals surface area contributed by atoms with Crippen LogP contribution < -0.4 is 0 Å². The van der Waals surface area contributed by atoms with Gasteiger partial charge in [0.2, 0.25) is 0 Å². The smallest absolute Gasteiger partial charge is 0.410 e. The average molecular weight is 356 g/mol. The van der Waals surface area contributed by atoms with Gasteiger partial charge in [-0.3, -0.25) is 4.90 Å². The van der Waals surface area contributed by atoms with Crippen LogP contribution >= 0.6 is 15.9 Å². The minimum absolute atomic E-state index is 0.356. The maximum absolute atomic E-state index is 12.1. The Morgan fingerprint density at radius 1 is 1.24 bits per heavy atom. The number of carbonyl (C=O) groups is 2. The summed E-state index contributed by atoms with van der Waals surface area (Å²) in [7, 11) is 1.34. The third kappa shape index (κ3) is 3.56. The van der Waals surface area contributed by atoms with E-state index in [-0.39, 0.29) is 6.09 Å². The van der Waals surface area contributed by atoms with E-state index < -0.39 is 11.6 Å². The van der Waals surface area contributed by atoms with Gasteiger partial charge in [-0.1, -0.05) is 15.9 Å². The first-order valence-electron chi connectivity index (χ1n) is 6.59. The maximum Gasteiger partial charge on any atom is 0.410 e. The third-order valence-electron chi connectivity index (χ3n) is 3.07. The van der Waals surface area contributed by atoms with E-state index in [0.717, 1.165) is 15.6 Å². The zero-order valence-electron chi connectivity index (χ0n) is 12.5. The molecule has 0 saturated heterocycles. The van der Waals surface area contributed by atoms with E-state index in [2.05, 4.69) is 15.9 Å². The quantitative estimate of drug-likeness (QED) is 0.723. The van der Waals surface area contributed by atoms with Crippen LogP contribution in [0.4, 0.5) is 4.79 Å². The summed E-state index contributed by atoms with van der Waals surface area (Å²) in [5, 5.41) is 0. The highest BCUT2D eigenvalue weighted by molar-refractivity contribution is 9.10. The number of benzene rings is 1. The van der Waals surface area contributed by atoms with Gasteiger partial charge in [0.05, 0.1) is 19.2 Å². The van der Waals surface area contributed by atoms with Crippen molar-refractivity contribution in [3.8, 4) is 0 Å². The summed E-state index contributed by atoms with van der Waals surface area (Å²) < 4.78 is 10.9. The molecule has 0 aromatic heterocycles. The van der Waals surface area contributed by atoms with Gasteiger partial charge in [0.25, 0.3) is 0 Å². The van der Waals surface area contributed by atoms with Gasteiger partial charge in [0, 0.05) is 11.0 Å². The standard InChI is InChI=1S/C15H18BrNO4/c1-15(2,3)21-14(19)17-7-10-5-9(13(18)20-4)6-12(16)11(10)8-17/h5-6H,7-8H2,1-4H3. The third-order valence-corrected chi connectivity index (χ3v) is 3.78. The van der Waals surface area contributed by atoms with Crippen LogP contribution in [0.2, 0.25) is 0 Å². The molecule has 5 nitrogen and oxygen atoms in total. The van der Waals surface area contributed by atoms with E-state index in [1.54, 1.807) is 17.0 Å². The highest BCUT2D eigenvalue weighted by atomic mass is 79.9. The topological polar surface area (TPSA) is 55.8 Å². The molecule has 114 valence electrons. The first-order chi connectivity index (χ1) is 9.71. The van der Waals surface area contributed by atoms with Crippen molar-refractivity contribution in [2.45, 2.75) is 39.5 Å². The molecule has 0 radical (unpaired) electrons. The number of amides is 1. The summed E-state index contributed by atoms with van der Waals surface area (Å²) in [6.07, 6.45) is -0.356. The summed E-state index contributed by atoms with van der Waals surface area (Å²) in [6.45, 7) is 6.39. The minimum Gasteiger partial charge on any atom is -0.465 e. The van der Waals surface area contributed by atoms with Gasteiger partial charge in [0.15, 0.2) is 0 Å². The molecule has 1 aliphatic heterocycles. The van der Waals surface area contributed by atoms with Crippen molar-refractivity contribution in [2.75, 3.05) is 7.11 Å². The SMILES string of the molecule is COC(=O)c1cc(Br)c2c(c1)CN(C(=O)OC(C)(C)C)C2. The lowest BCUT2D eigenvalue weighted by atomic mass is 10.1. The fourth-order valence-corrected chi connectivity index (χ4v) is 2.78. The molecule has 0 unspecified atom stereocenters. The number of halogens is 1. The Morgan fingerprint density at radius 2 is 1.90 bits per heavy atom. The van der Waals surface area contributed by atoms with Gasteiger partial charge in [-0.15, -0.1) is 0 Å². The molecule has 6 heteroatoms. The van der Waals surface area contributed by atoms with Crippen molar-refractivity contribution >= 4 is 28.0 Å². The molecule has 1 aromatic rings. The van der Waals surface area contributed by atoms with Gasteiger partial charge < -0.3 is 9.47 Å². The number of carbonyl (C=O) groups excluding carboxylic acids is 2. The second-order valence-corrected chi connectivity index (χ2v) is 6.78. The molecule has 1 heterocycles. The largest absolute Gasteiger partial charge is 0.465 e. The summed E-state index contributed by atoms with van der Waals surface area (Å²) in [4.78, 5) is 25.3. The number of ether oxygens (including phenoxy) is 2. The fraction of sp³-hybridized carbons (Fsp3) is 0.467. The number of esters is 1. The number of hydrogen-bond donors (Lipinski definition) is 0. The van der Waals surface area contributed by atoms with Gasteiger partial charge in [-0.2, -0.15) is 0 Å². The molecule has 0 aliphatic carbocycles. The summed E-state index contributed by atoms with van der Waals surface area (Å²) >= 11 is 3.45. The van der Waals surface area contributed by atoms with Crippen LogP contribution in [-0.4, -0.2) is 29.7 Å². The van der Waals surface area contributed by atoms with Gasteiger partial charge in [-0.25, -0.2) is 9.59 Å². The summed E-state index contributed by atoms with van der Waals surface area (Å²) in [5.41, 5.74) is 1.86. The number of methoxy groups -OCH3 is 1. The number of nitrogens with zero attached hydrogens (tertiary/aromatic N) is 1. The molecule has 1 aromatic carbocycles. The van der Waals surface area contributed by atoms with Crippen molar-refractivity contribution in [2.24, 2.45) is 0 Å². The molecule has 0 bridgehead atoms. The molecular weight excluding hydrogens is 338 g/mol. The van der Waals surface area contributed by atoms with Crippen molar-refractivity contribution in [1.29, 1.82) is 0 Å². The number of fused-ring (bicyclic) bond motifs is 1. The maximum atomic E-state index is 12.1. The number of rotatable bonds is 1. The van der Waals surface area contributed by atoms with Crippen molar-refractivity contribution in [3.05, 3.63) is 33.3 Å². The van der Waals surface area contributed by atoms with Crippen LogP contribution in [0.1, 0.15) is 42.3 Å². The molecule has 0 spiro atoms. The molecular formula is C15H18BrNO4. The highest BCUT2D eigenvalue weighted by Crippen LogP contribution is 2.32. The van der Waals surface area contributed by atoms with Crippen LogP contribution in [0.15, 0.2) is 16.6 Å². The Kier molecular flexibility index (Phi) is 4.27. The predicted octanol–water partition coefficient (Wildman–Crippen LogP) is 3.49. The van der Waals surface area contributed by atoms with E-state index in [4.69, 9.17) is 9.47 Å². The molecule has 1 aliphatic rings. The first kappa shape index (κ1) is 15.8. The normalized spacial score (nSPS) is 13.9. The van der Waals surface area contributed by atoms with Crippen molar-refractivity contribution in [1.82, 2.24) is 4.90 Å². The number of hydrogen-bond acceptors (Lipinski definition) is 4. The fourth-order valence-electron chi connectivity index (χ4n) is 2.16. The minimum atomic E-state index is -0.528. The Bertz CT molecular complexity index is 592. The molecule has 0 saturated carbocycles. The van der Waals surface area contributed by atoms with Crippen molar-refractivity contribution < 1.29 is 19.1 Å². The predicted molar refractivity (Wildman–Crippen MR) is 81.0 cm³/mol. The van der Waals surface area contributed by atoms with E-state index in [1.165, 1.54) is 7.11 Å². The second-order valence-electron chi connectivity index (χ2n) is 5.92. The van der Waals surface area contributed by atoms with Crippen LogP contribution in [-0.2, 0) is 22.6 Å². The van der Waals surface area contributed by atoms with E-state index in [1.807, 2.05) is 20.8 Å². The Balaban J connectivity index is 2.21. The van der Waals surface area contributed by atoms with Crippen LogP contribution in [0.3, 0.4) is 0 Å². The lowest BCUT2D eigenvalue weighted by molar-refractivity contribution is 0.0241. The Morgan fingerprint density at radius 3 is 2.48 bits per heavy atom. The molecule has 0 fully saturated rings. The molecule has 2 rings (SSSR count). The zero-order valence-corrected chi connectivity index (χ0v) is 14.1. The second kappa shape index (κ2) is 5.67. The highest BCUT2D eigenvalue weighted by Gasteiger charge is 2.29. The Hall–Kier alpha value is -1.56. The Labute approximate surface area is 132 Å². The van der Waals surface area contributed by atoms with Crippen LogP contribution in [0, 0.1) is 0 Å². The molecule has 0 N–H and O–H groups in total. The van der Waals surface area contributed by atoms with Gasteiger partial charge in [-0.05, 0) is 44.0 Å². The first-order valence-corrected chi connectivity index (χ1v) is 7.38. The van der Waals surface area contributed by atoms with Crippen LogP contribution in [0.25, 0.3) is 0 Å². The van der Waals surface area contributed by atoms with E-state index >= 15 is 0 Å². The lowest BCUT2D eigenvalue weighted by Gasteiger charge is -2.24. The molecule has 0 atom stereocenters. The van der Waals surface area contributed by atoms with E-state index in [9.17, 15) is 9.59 Å². The molecule has 21 heavy (non-hydrogen) atoms.